The molecule has 0 radical (unpaired) electrons. The molecule has 26 heavy (non-hydrogen) atoms. The van der Waals surface area contributed by atoms with Gasteiger partial charge < -0.3 is 10.2 Å². The van der Waals surface area contributed by atoms with Gasteiger partial charge in [-0.05, 0) is 42.8 Å². The molecule has 0 aliphatic carbocycles. The van der Waals surface area contributed by atoms with Crippen molar-refractivity contribution in [2.24, 2.45) is 7.05 Å². The monoisotopic (exact) mass is 415 g/mol. The lowest BCUT2D eigenvalue weighted by Gasteiger charge is -2.18. The predicted octanol–water partition coefficient (Wildman–Crippen LogP) is 2.98. The van der Waals surface area contributed by atoms with Crippen LogP contribution >= 0.6 is 15.9 Å². The molecule has 0 spiro atoms. The summed E-state index contributed by atoms with van der Waals surface area (Å²) in [5.74, 6) is 0. The summed E-state index contributed by atoms with van der Waals surface area (Å²) < 4.78 is 4.27. The maximum absolute atomic E-state index is 12.6. The molecule has 1 saturated heterocycles. The smallest absolute Gasteiger partial charge is 0.322 e. The Labute approximate surface area is 158 Å². The number of aromatic nitrogens is 3. The number of hydrogen-bond acceptors (Lipinski definition) is 3. The van der Waals surface area contributed by atoms with Crippen LogP contribution in [0.2, 0.25) is 0 Å². The molecule has 0 unspecified atom stereocenters. The number of hydrogen-bond donors (Lipinski definition) is 1. The van der Waals surface area contributed by atoms with Gasteiger partial charge >= 0.3 is 11.7 Å². The number of amides is 2. The Bertz CT molecular complexity index is 1020. The largest absolute Gasteiger partial charge is 0.330 e. The molecular formula is C18H18BrN5O2. The topological polar surface area (TPSA) is 72.2 Å². The number of anilines is 1. The molecule has 8 heteroatoms. The van der Waals surface area contributed by atoms with Gasteiger partial charge in [0.1, 0.15) is 0 Å². The lowest BCUT2D eigenvalue weighted by molar-refractivity contribution is 0.221. The molecule has 3 aromatic rings. The average Bonchev–Trinajstić information content (AvgIpc) is 3.21. The number of aryl methyl sites for hydroxylation is 1. The van der Waals surface area contributed by atoms with Crippen LogP contribution in [-0.2, 0) is 7.05 Å². The van der Waals surface area contributed by atoms with Gasteiger partial charge in [0.25, 0.3) is 0 Å². The number of fused-ring (bicyclic) bond motifs is 1. The first-order chi connectivity index (χ1) is 12.5. The number of likely N-dealkylation sites (tertiary alicyclic amines) is 1. The van der Waals surface area contributed by atoms with E-state index in [1.54, 1.807) is 27.3 Å². The summed E-state index contributed by atoms with van der Waals surface area (Å²) in [5.41, 5.74) is 2.11. The molecule has 1 aliphatic heterocycles. The van der Waals surface area contributed by atoms with Crippen LogP contribution in [0, 0.1) is 0 Å². The molecule has 1 N–H and O–H groups in total. The van der Waals surface area contributed by atoms with Gasteiger partial charge in [-0.3, -0.25) is 9.13 Å². The third-order valence-electron chi connectivity index (χ3n) is 4.76. The first-order valence-corrected chi connectivity index (χ1v) is 9.17. The minimum Gasteiger partial charge on any atom is -0.322 e. The third-order valence-corrected chi connectivity index (χ3v) is 5.29. The number of nitrogens with one attached hydrogen (secondary N) is 1. The van der Waals surface area contributed by atoms with E-state index in [4.69, 9.17) is 0 Å². The fraction of sp³-hybridized carbons (Fsp3) is 0.278. The maximum Gasteiger partial charge on any atom is 0.330 e. The Hall–Kier alpha value is -2.61. The Morgan fingerprint density at radius 3 is 2.81 bits per heavy atom. The average molecular weight is 416 g/mol. The van der Waals surface area contributed by atoms with Crippen molar-refractivity contribution in [2.45, 2.75) is 12.5 Å². The molecule has 7 nitrogen and oxygen atoms in total. The van der Waals surface area contributed by atoms with Crippen LogP contribution in [-0.4, -0.2) is 38.1 Å². The maximum atomic E-state index is 12.6. The van der Waals surface area contributed by atoms with Crippen LogP contribution < -0.4 is 11.0 Å². The van der Waals surface area contributed by atoms with Crippen molar-refractivity contribution in [3.63, 3.8) is 0 Å². The van der Waals surface area contributed by atoms with E-state index in [0.29, 0.717) is 18.7 Å². The summed E-state index contributed by atoms with van der Waals surface area (Å²) in [6.45, 7) is 1.08. The Morgan fingerprint density at radius 2 is 2.04 bits per heavy atom. The summed E-state index contributed by atoms with van der Waals surface area (Å²) >= 11 is 3.38. The van der Waals surface area contributed by atoms with E-state index in [9.17, 15) is 9.59 Å². The number of pyridine rings is 1. The number of imidazole rings is 1. The number of halogens is 1. The standard InChI is InChI=1S/C18H18BrN5O2/c1-22-15-3-2-9-20-16(15)24(18(22)26)14-8-10-23(11-14)17(25)21-13-6-4-12(19)5-7-13/h2-7,9,14H,8,10-11H2,1H3,(H,21,25)/t14-/m1/s1. The van der Waals surface area contributed by atoms with E-state index in [1.807, 2.05) is 36.4 Å². The van der Waals surface area contributed by atoms with Crippen molar-refractivity contribution in [1.29, 1.82) is 0 Å². The highest BCUT2D eigenvalue weighted by Gasteiger charge is 2.30. The van der Waals surface area contributed by atoms with Gasteiger partial charge in [-0.2, -0.15) is 0 Å². The lowest BCUT2D eigenvalue weighted by Crippen LogP contribution is -2.34. The fourth-order valence-corrected chi connectivity index (χ4v) is 3.66. The van der Waals surface area contributed by atoms with Gasteiger partial charge in [-0.25, -0.2) is 14.6 Å². The second-order valence-corrected chi connectivity index (χ2v) is 7.30. The molecule has 0 bridgehead atoms. The number of rotatable bonds is 2. The van der Waals surface area contributed by atoms with Crippen LogP contribution in [0.15, 0.2) is 51.9 Å². The molecule has 0 saturated carbocycles. The molecule has 2 aromatic heterocycles. The van der Waals surface area contributed by atoms with Gasteiger partial charge in [0.2, 0.25) is 0 Å². The number of urea groups is 1. The highest BCUT2D eigenvalue weighted by Crippen LogP contribution is 2.24. The van der Waals surface area contributed by atoms with Crippen LogP contribution in [0.5, 0.6) is 0 Å². The zero-order valence-electron chi connectivity index (χ0n) is 14.2. The second-order valence-electron chi connectivity index (χ2n) is 6.38. The van der Waals surface area contributed by atoms with Crippen LogP contribution in [0.1, 0.15) is 12.5 Å². The SMILES string of the molecule is Cn1c(=O)n([C@@H]2CCN(C(=O)Nc3ccc(Br)cc3)C2)c2ncccc21. The van der Waals surface area contributed by atoms with E-state index in [2.05, 4.69) is 26.2 Å². The molecule has 134 valence electrons. The van der Waals surface area contributed by atoms with Crippen LogP contribution in [0.3, 0.4) is 0 Å². The highest BCUT2D eigenvalue weighted by molar-refractivity contribution is 9.10. The van der Waals surface area contributed by atoms with Crippen molar-refractivity contribution in [1.82, 2.24) is 19.0 Å². The molecule has 1 aromatic carbocycles. The van der Waals surface area contributed by atoms with Crippen LogP contribution in [0.4, 0.5) is 10.5 Å². The molecule has 1 aliphatic rings. The van der Waals surface area contributed by atoms with Gasteiger partial charge in [-0.1, -0.05) is 15.9 Å². The zero-order chi connectivity index (χ0) is 18.3. The summed E-state index contributed by atoms with van der Waals surface area (Å²) in [6.07, 6.45) is 2.41. The van der Waals surface area contributed by atoms with Gasteiger partial charge in [-0.15, -0.1) is 0 Å². The van der Waals surface area contributed by atoms with E-state index in [1.165, 1.54) is 0 Å². The lowest BCUT2D eigenvalue weighted by atomic mass is 10.2. The first-order valence-electron chi connectivity index (χ1n) is 8.38. The summed E-state index contributed by atoms with van der Waals surface area (Å²) in [7, 11) is 1.75. The van der Waals surface area contributed by atoms with E-state index >= 15 is 0 Å². The molecule has 4 rings (SSSR count). The number of nitrogens with zero attached hydrogens (tertiary/aromatic N) is 4. The first kappa shape index (κ1) is 16.8. The second kappa shape index (κ2) is 6.60. The van der Waals surface area contributed by atoms with Crippen molar-refractivity contribution < 1.29 is 4.79 Å². The number of benzene rings is 1. The van der Waals surface area contributed by atoms with E-state index in [0.717, 1.165) is 22.1 Å². The van der Waals surface area contributed by atoms with Gasteiger partial charge in [0.05, 0.1) is 11.6 Å². The normalized spacial score (nSPS) is 17.0. The van der Waals surface area contributed by atoms with Crippen molar-refractivity contribution >= 4 is 38.8 Å². The fourth-order valence-electron chi connectivity index (χ4n) is 3.39. The minimum absolute atomic E-state index is 0.0724. The minimum atomic E-state index is -0.156. The Morgan fingerprint density at radius 1 is 1.27 bits per heavy atom. The third kappa shape index (κ3) is 2.90. The van der Waals surface area contributed by atoms with E-state index in [-0.39, 0.29) is 17.8 Å². The highest BCUT2D eigenvalue weighted by atomic mass is 79.9. The van der Waals surface area contributed by atoms with Gasteiger partial charge in [0, 0.05) is 36.5 Å². The molecule has 2 amide bonds. The Kier molecular flexibility index (Phi) is 4.28. The quantitative estimate of drug-likeness (QED) is 0.698. The molecular weight excluding hydrogens is 398 g/mol. The predicted molar refractivity (Wildman–Crippen MR) is 103 cm³/mol. The Balaban J connectivity index is 1.54. The van der Waals surface area contributed by atoms with Crippen molar-refractivity contribution in [3.8, 4) is 0 Å². The molecule has 1 atom stereocenters. The van der Waals surface area contributed by atoms with Crippen molar-refractivity contribution in [3.05, 3.63) is 57.6 Å². The van der Waals surface area contributed by atoms with Crippen LogP contribution in [0.25, 0.3) is 11.2 Å². The molecule has 1 fully saturated rings. The number of carbonyl (C=O) groups is 1. The summed E-state index contributed by atoms with van der Waals surface area (Å²) in [6, 6.07) is 10.9. The summed E-state index contributed by atoms with van der Waals surface area (Å²) in [4.78, 5) is 31.3. The summed E-state index contributed by atoms with van der Waals surface area (Å²) in [5, 5.41) is 2.90. The van der Waals surface area contributed by atoms with E-state index < -0.39 is 0 Å². The van der Waals surface area contributed by atoms with Crippen molar-refractivity contribution in [2.75, 3.05) is 18.4 Å². The van der Waals surface area contributed by atoms with Gasteiger partial charge in [0.15, 0.2) is 5.65 Å². The number of carbonyl (C=O) groups excluding carboxylic acids is 1. The molecule has 3 heterocycles. The zero-order valence-corrected chi connectivity index (χ0v) is 15.8.